The van der Waals surface area contributed by atoms with Crippen molar-refractivity contribution < 1.29 is 23.8 Å². The number of benzene rings is 2. The Hall–Kier alpha value is -3.35. The zero-order valence-corrected chi connectivity index (χ0v) is 15.6. The van der Waals surface area contributed by atoms with Gasteiger partial charge in [-0.2, -0.15) is 0 Å². The lowest BCUT2D eigenvalue weighted by Crippen LogP contribution is -2.30. The van der Waals surface area contributed by atoms with Gasteiger partial charge in [0.15, 0.2) is 6.61 Å². The molecule has 1 aromatic heterocycles. The number of carboxylic acid groups (broad SMARTS) is 1. The van der Waals surface area contributed by atoms with Crippen LogP contribution in [-0.4, -0.2) is 35.1 Å². The molecule has 0 radical (unpaired) electrons. The van der Waals surface area contributed by atoms with Gasteiger partial charge in [-0.3, -0.25) is 4.79 Å². The quantitative estimate of drug-likeness (QED) is 0.583. The molecule has 0 fully saturated rings. The third kappa shape index (κ3) is 4.14. The number of H-pyrrole nitrogens is 1. The SMILES string of the molecule is Cc1[nH]c2c(F)ccc(C)c2c1CCNC(=O)COc1ccc(C(=O)O)cc1. The second kappa shape index (κ2) is 8.12. The summed E-state index contributed by atoms with van der Waals surface area (Å²) in [6.45, 7) is 4.04. The molecule has 28 heavy (non-hydrogen) atoms. The van der Waals surface area contributed by atoms with E-state index in [1.165, 1.54) is 30.3 Å². The number of ether oxygens (including phenoxy) is 1. The van der Waals surface area contributed by atoms with Gasteiger partial charge in [0, 0.05) is 17.6 Å². The van der Waals surface area contributed by atoms with E-state index in [4.69, 9.17) is 9.84 Å². The maximum Gasteiger partial charge on any atom is 0.335 e. The third-order valence-corrected chi connectivity index (χ3v) is 4.60. The fourth-order valence-electron chi connectivity index (χ4n) is 3.18. The normalized spacial score (nSPS) is 10.8. The summed E-state index contributed by atoms with van der Waals surface area (Å²) in [5, 5.41) is 12.5. The minimum absolute atomic E-state index is 0.151. The number of aromatic nitrogens is 1. The van der Waals surface area contributed by atoms with Crippen LogP contribution in [0.15, 0.2) is 36.4 Å². The molecule has 146 valence electrons. The van der Waals surface area contributed by atoms with Crippen LogP contribution >= 0.6 is 0 Å². The van der Waals surface area contributed by atoms with E-state index in [9.17, 15) is 14.0 Å². The van der Waals surface area contributed by atoms with E-state index in [0.29, 0.717) is 24.2 Å². The van der Waals surface area contributed by atoms with Gasteiger partial charge in [0.1, 0.15) is 11.6 Å². The van der Waals surface area contributed by atoms with Gasteiger partial charge in [0.2, 0.25) is 0 Å². The number of nitrogens with one attached hydrogen (secondary N) is 2. The molecule has 1 amide bonds. The predicted octanol–water partition coefficient (Wildman–Crippen LogP) is 3.36. The summed E-state index contributed by atoms with van der Waals surface area (Å²) in [6.07, 6.45) is 0.565. The van der Waals surface area contributed by atoms with E-state index in [1.54, 1.807) is 6.07 Å². The lowest BCUT2D eigenvalue weighted by atomic mass is 10.0. The second-order valence-electron chi connectivity index (χ2n) is 6.56. The number of carbonyl (C=O) groups excluding carboxylic acids is 1. The number of carbonyl (C=O) groups is 2. The molecule has 0 aliphatic rings. The first-order valence-electron chi connectivity index (χ1n) is 8.86. The summed E-state index contributed by atoms with van der Waals surface area (Å²) in [4.78, 5) is 25.9. The van der Waals surface area contributed by atoms with Crippen LogP contribution in [0.25, 0.3) is 10.9 Å². The van der Waals surface area contributed by atoms with E-state index < -0.39 is 5.97 Å². The van der Waals surface area contributed by atoms with E-state index in [-0.39, 0.29) is 23.9 Å². The molecule has 6 nitrogen and oxygen atoms in total. The van der Waals surface area contributed by atoms with Crippen molar-refractivity contribution >= 4 is 22.8 Å². The molecule has 0 spiro atoms. The summed E-state index contributed by atoms with van der Waals surface area (Å²) in [5.74, 6) is -1.19. The van der Waals surface area contributed by atoms with Gasteiger partial charge in [-0.1, -0.05) is 6.07 Å². The van der Waals surface area contributed by atoms with E-state index >= 15 is 0 Å². The van der Waals surface area contributed by atoms with Gasteiger partial charge >= 0.3 is 5.97 Å². The maximum absolute atomic E-state index is 14.0. The summed E-state index contributed by atoms with van der Waals surface area (Å²) < 4.78 is 19.3. The largest absolute Gasteiger partial charge is 0.484 e. The highest BCUT2D eigenvalue weighted by Crippen LogP contribution is 2.27. The Kier molecular flexibility index (Phi) is 5.63. The van der Waals surface area contributed by atoms with Crippen LogP contribution in [0, 0.1) is 19.7 Å². The predicted molar refractivity (Wildman–Crippen MR) is 103 cm³/mol. The van der Waals surface area contributed by atoms with Crippen molar-refractivity contribution in [2.24, 2.45) is 0 Å². The number of amides is 1. The number of aryl methyl sites for hydroxylation is 2. The van der Waals surface area contributed by atoms with Crippen molar-refractivity contribution in [1.29, 1.82) is 0 Å². The Bertz CT molecular complexity index is 1030. The summed E-state index contributed by atoms with van der Waals surface area (Å²) in [6, 6.07) is 9.02. The molecule has 2 aromatic carbocycles. The fraction of sp³-hybridized carbons (Fsp3) is 0.238. The van der Waals surface area contributed by atoms with Gasteiger partial charge in [-0.25, -0.2) is 9.18 Å². The Morgan fingerprint density at radius 2 is 1.86 bits per heavy atom. The molecule has 0 bridgehead atoms. The second-order valence-corrected chi connectivity index (χ2v) is 6.56. The number of rotatable bonds is 7. The number of aromatic carboxylic acids is 1. The number of fused-ring (bicyclic) bond motifs is 1. The molecule has 0 aliphatic carbocycles. The summed E-state index contributed by atoms with van der Waals surface area (Å²) in [5.41, 5.74) is 3.49. The first kappa shape index (κ1) is 19.4. The van der Waals surface area contributed by atoms with Crippen molar-refractivity contribution in [2.75, 3.05) is 13.2 Å². The number of hydrogen-bond acceptors (Lipinski definition) is 3. The molecule has 1 heterocycles. The lowest BCUT2D eigenvalue weighted by molar-refractivity contribution is -0.123. The van der Waals surface area contributed by atoms with Crippen LogP contribution < -0.4 is 10.1 Å². The van der Waals surface area contributed by atoms with E-state index in [2.05, 4.69) is 10.3 Å². The van der Waals surface area contributed by atoms with Gasteiger partial charge in [0.05, 0.1) is 11.1 Å². The molecule has 0 aliphatic heterocycles. The minimum Gasteiger partial charge on any atom is -0.484 e. The molecule has 0 saturated carbocycles. The lowest BCUT2D eigenvalue weighted by Gasteiger charge is -2.08. The first-order chi connectivity index (χ1) is 13.4. The van der Waals surface area contributed by atoms with Crippen molar-refractivity contribution in [3.8, 4) is 5.75 Å². The molecule has 3 aromatic rings. The molecular weight excluding hydrogens is 363 g/mol. The minimum atomic E-state index is -1.02. The van der Waals surface area contributed by atoms with Crippen LogP contribution in [0.1, 0.15) is 27.2 Å². The van der Waals surface area contributed by atoms with Crippen LogP contribution in [0.2, 0.25) is 0 Å². The summed E-state index contributed by atoms with van der Waals surface area (Å²) in [7, 11) is 0. The van der Waals surface area contributed by atoms with Crippen LogP contribution in [0.4, 0.5) is 4.39 Å². The number of hydrogen-bond donors (Lipinski definition) is 3. The number of carboxylic acids is 1. The first-order valence-corrected chi connectivity index (χ1v) is 8.86. The standard InChI is InChI=1S/C21H21FN2O4/c1-12-3-8-17(22)20-19(12)16(13(2)24-20)9-10-23-18(25)11-28-15-6-4-14(5-7-15)21(26)27/h3-8,24H,9-11H2,1-2H3,(H,23,25)(H,26,27). The van der Waals surface area contributed by atoms with Gasteiger partial charge in [-0.05, 0) is 61.7 Å². The van der Waals surface area contributed by atoms with Gasteiger partial charge in [-0.15, -0.1) is 0 Å². The molecule has 0 unspecified atom stereocenters. The Balaban J connectivity index is 1.54. The van der Waals surface area contributed by atoms with E-state index in [1.807, 2.05) is 13.8 Å². The third-order valence-electron chi connectivity index (χ3n) is 4.60. The topological polar surface area (TPSA) is 91.4 Å². The zero-order valence-electron chi connectivity index (χ0n) is 15.6. The fourth-order valence-corrected chi connectivity index (χ4v) is 3.18. The Morgan fingerprint density at radius 1 is 1.14 bits per heavy atom. The maximum atomic E-state index is 14.0. The van der Waals surface area contributed by atoms with Gasteiger partial charge in [0.25, 0.3) is 5.91 Å². The monoisotopic (exact) mass is 384 g/mol. The van der Waals surface area contributed by atoms with Crippen molar-refractivity contribution in [3.05, 3.63) is 64.6 Å². The molecular formula is C21H21FN2O4. The smallest absolute Gasteiger partial charge is 0.335 e. The average Bonchev–Trinajstić information content (AvgIpc) is 3.01. The summed E-state index contributed by atoms with van der Waals surface area (Å²) >= 11 is 0. The number of aromatic amines is 1. The Labute approximate surface area is 161 Å². The molecule has 7 heteroatoms. The average molecular weight is 384 g/mol. The molecule has 0 saturated heterocycles. The van der Waals surface area contributed by atoms with Crippen molar-refractivity contribution in [2.45, 2.75) is 20.3 Å². The van der Waals surface area contributed by atoms with Crippen LogP contribution in [-0.2, 0) is 11.2 Å². The highest BCUT2D eigenvalue weighted by molar-refractivity contribution is 5.88. The highest BCUT2D eigenvalue weighted by Gasteiger charge is 2.14. The van der Waals surface area contributed by atoms with Crippen LogP contribution in [0.3, 0.4) is 0 Å². The number of halogens is 1. The molecule has 3 rings (SSSR count). The molecule has 0 atom stereocenters. The zero-order chi connectivity index (χ0) is 20.3. The molecule has 3 N–H and O–H groups in total. The van der Waals surface area contributed by atoms with E-state index in [0.717, 1.165) is 22.2 Å². The van der Waals surface area contributed by atoms with Crippen molar-refractivity contribution in [1.82, 2.24) is 10.3 Å². The van der Waals surface area contributed by atoms with Gasteiger partial charge < -0.3 is 20.1 Å². The van der Waals surface area contributed by atoms with Crippen LogP contribution in [0.5, 0.6) is 5.75 Å². The highest BCUT2D eigenvalue weighted by atomic mass is 19.1. The Morgan fingerprint density at radius 3 is 2.54 bits per heavy atom. The van der Waals surface area contributed by atoms with Crippen molar-refractivity contribution in [3.63, 3.8) is 0 Å².